The van der Waals surface area contributed by atoms with Gasteiger partial charge in [0.2, 0.25) is 5.91 Å². The van der Waals surface area contributed by atoms with E-state index in [4.69, 9.17) is 10.2 Å². The minimum absolute atomic E-state index is 0.0884. The zero-order valence-electron chi connectivity index (χ0n) is 11.0. The predicted molar refractivity (Wildman–Crippen MR) is 78.5 cm³/mol. The van der Waals surface area contributed by atoms with E-state index in [9.17, 15) is 9.59 Å². The Labute approximate surface area is 125 Å². The van der Waals surface area contributed by atoms with E-state index in [2.05, 4.69) is 15.6 Å². The number of carbonyl (C=O) groups excluding carboxylic acids is 2. The summed E-state index contributed by atoms with van der Waals surface area (Å²) in [6, 6.07) is 6.29. The fourth-order valence-corrected chi connectivity index (χ4v) is 2.05. The number of urea groups is 1. The first-order valence-corrected chi connectivity index (χ1v) is 7.06. The Bertz CT molecular complexity index is 598. The van der Waals surface area contributed by atoms with Crippen molar-refractivity contribution < 1.29 is 14.0 Å². The number of nitrogens with zero attached hydrogens (tertiary/aromatic N) is 1. The van der Waals surface area contributed by atoms with Gasteiger partial charge in [-0.3, -0.25) is 10.1 Å². The van der Waals surface area contributed by atoms with Gasteiger partial charge in [-0.1, -0.05) is 11.8 Å². The van der Waals surface area contributed by atoms with E-state index < -0.39 is 11.9 Å². The molecular formula is C13H14N4O3S. The first-order valence-electron chi connectivity index (χ1n) is 6.08. The number of thioether (sulfide) groups is 1. The van der Waals surface area contributed by atoms with E-state index >= 15 is 0 Å². The van der Waals surface area contributed by atoms with Crippen molar-refractivity contribution in [3.63, 3.8) is 0 Å². The van der Waals surface area contributed by atoms with Gasteiger partial charge in [0.25, 0.3) is 0 Å². The highest BCUT2D eigenvalue weighted by atomic mass is 32.2. The Morgan fingerprint density at radius 2 is 2.19 bits per heavy atom. The smallest absolute Gasteiger partial charge is 0.321 e. The van der Waals surface area contributed by atoms with Crippen LogP contribution < -0.4 is 16.4 Å². The number of nitrogen functional groups attached to an aromatic ring is 1. The lowest BCUT2D eigenvalue weighted by Crippen LogP contribution is -2.39. The van der Waals surface area contributed by atoms with Crippen LogP contribution in [0.15, 0.2) is 46.2 Å². The van der Waals surface area contributed by atoms with E-state index in [-0.39, 0.29) is 12.3 Å². The van der Waals surface area contributed by atoms with E-state index in [0.29, 0.717) is 16.5 Å². The van der Waals surface area contributed by atoms with Gasteiger partial charge in [0.15, 0.2) is 0 Å². The third kappa shape index (κ3) is 5.19. The monoisotopic (exact) mass is 306 g/mol. The molecule has 4 N–H and O–H groups in total. The molecule has 0 unspecified atom stereocenters. The zero-order chi connectivity index (χ0) is 15.1. The molecule has 2 heterocycles. The average molecular weight is 306 g/mol. The van der Waals surface area contributed by atoms with Gasteiger partial charge in [-0.25, -0.2) is 9.78 Å². The minimum atomic E-state index is -0.567. The first kappa shape index (κ1) is 14.9. The number of furan rings is 1. The maximum absolute atomic E-state index is 11.6. The molecule has 0 aliphatic rings. The molecule has 21 heavy (non-hydrogen) atoms. The maximum Gasteiger partial charge on any atom is 0.321 e. The standard InChI is InChI=1S/C13H14N4O3S/c14-9-3-4-12(15-6-9)21-8-11(18)17-13(19)16-7-10-2-1-5-20-10/h1-6H,7-8,14H2,(H2,16,17,18,19). The number of nitrogens with two attached hydrogens (primary N) is 1. The molecule has 0 saturated carbocycles. The summed E-state index contributed by atoms with van der Waals surface area (Å²) in [5, 5.41) is 5.40. The number of nitrogens with one attached hydrogen (secondary N) is 2. The summed E-state index contributed by atoms with van der Waals surface area (Å²) >= 11 is 1.22. The highest BCUT2D eigenvalue weighted by molar-refractivity contribution is 7.99. The topological polar surface area (TPSA) is 110 Å². The van der Waals surface area contributed by atoms with Crippen molar-refractivity contribution in [3.05, 3.63) is 42.5 Å². The summed E-state index contributed by atoms with van der Waals surface area (Å²) in [5.74, 6) is 0.291. The molecule has 2 aromatic rings. The first-order chi connectivity index (χ1) is 10.1. The molecule has 2 rings (SSSR count). The van der Waals surface area contributed by atoms with Crippen molar-refractivity contribution in [1.82, 2.24) is 15.6 Å². The van der Waals surface area contributed by atoms with Crippen LogP contribution in [0.4, 0.5) is 10.5 Å². The number of pyridine rings is 1. The molecule has 0 fully saturated rings. The lowest BCUT2D eigenvalue weighted by molar-refractivity contribution is -0.117. The molecule has 0 bridgehead atoms. The molecule has 0 spiro atoms. The lowest BCUT2D eigenvalue weighted by Gasteiger charge is -2.05. The SMILES string of the molecule is Nc1ccc(SCC(=O)NC(=O)NCc2ccco2)nc1. The Balaban J connectivity index is 1.68. The van der Waals surface area contributed by atoms with Gasteiger partial charge in [0, 0.05) is 0 Å². The number of aromatic nitrogens is 1. The summed E-state index contributed by atoms with van der Waals surface area (Å²) in [4.78, 5) is 27.1. The van der Waals surface area contributed by atoms with Crippen molar-refractivity contribution in [2.45, 2.75) is 11.6 Å². The highest BCUT2D eigenvalue weighted by Crippen LogP contribution is 2.15. The molecule has 7 nitrogen and oxygen atoms in total. The van der Waals surface area contributed by atoms with Crippen molar-refractivity contribution in [3.8, 4) is 0 Å². The number of carbonyl (C=O) groups is 2. The van der Waals surface area contributed by atoms with Crippen LogP contribution in [0, 0.1) is 0 Å². The van der Waals surface area contributed by atoms with E-state index in [1.54, 1.807) is 24.3 Å². The Morgan fingerprint density at radius 1 is 1.33 bits per heavy atom. The maximum atomic E-state index is 11.6. The quantitative estimate of drug-likeness (QED) is 0.720. The molecule has 0 atom stereocenters. The Morgan fingerprint density at radius 3 is 2.86 bits per heavy atom. The van der Waals surface area contributed by atoms with Crippen LogP contribution in [-0.2, 0) is 11.3 Å². The molecule has 110 valence electrons. The van der Waals surface area contributed by atoms with Crippen molar-refractivity contribution in [1.29, 1.82) is 0 Å². The second kappa shape index (κ2) is 7.34. The number of hydrogen-bond acceptors (Lipinski definition) is 6. The van der Waals surface area contributed by atoms with E-state index in [0.717, 1.165) is 0 Å². The highest BCUT2D eigenvalue weighted by Gasteiger charge is 2.09. The fraction of sp³-hybridized carbons (Fsp3) is 0.154. The van der Waals surface area contributed by atoms with Gasteiger partial charge in [-0.05, 0) is 24.3 Å². The molecule has 2 aromatic heterocycles. The average Bonchev–Trinajstić information content (AvgIpc) is 2.98. The van der Waals surface area contributed by atoms with Gasteiger partial charge >= 0.3 is 6.03 Å². The Hall–Kier alpha value is -2.48. The minimum Gasteiger partial charge on any atom is -0.467 e. The number of imide groups is 1. The molecule has 0 aliphatic heterocycles. The van der Waals surface area contributed by atoms with Crippen molar-refractivity contribution >= 4 is 29.4 Å². The van der Waals surface area contributed by atoms with Crippen LogP contribution in [0.1, 0.15) is 5.76 Å². The number of anilines is 1. The predicted octanol–water partition coefficient (Wildman–Crippen LogP) is 1.37. The molecule has 3 amide bonds. The van der Waals surface area contributed by atoms with Gasteiger partial charge in [0.1, 0.15) is 5.76 Å². The van der Waals surface area contributed by atoms with Crippen LogP contribution >= 0.6 is 11.8 Å². The van der Waals surface area contributed by atoms with Crippen molar-refractivity contribution in [2.75, 3.05) is 11.5 Å². The molecule has 0 saturated heterocycles. The molecule has 0 radical (unpaired) electrons. The van der Waals surface area contributed by atoms with Crippen LogP contribution in [0.5, 0.6) is 0 Å². The van der Waals surface area contributed by atoms with Crippen LogP contribution in [0.3, 0.4) is 0 Å². The normalized spacial score (nSPS) is 10.1. The van der Waals surface area contributed by atoms with Crippen LogP contribution in [0.2, 0.25) is 0 Å². The summed E-state index contributed by atoms with van der Waals surface area (Å²) in [6.45, 7) is 0.221. The van der Waals surface area contributed by atoms with Gasteiger partial charge in [-0.2, -0.15) is 0 Å². The second-order valence-electron chi connectivity index (χ2n) is 4.03. The zero-order valence-corrected chi connectivity index (χ0v) is 11.9. The molecule has 8 heteroatoms. The summed E-state index contributed by atoms with van der Waals surface area (Å²) in [7, 11) is 0. The summed E-state index contributed by atoms with van der Waals surface area (Å²) < 4.78 is 5.05. The largest absolute Gasteiger partial charge is 0.467 e. The fourth-order valence-electron chi connectivity index (χ4n) is 1.40. The van der Waals surface area contributed by atoms with E-state index in [1.165, 1.54) is 24.2 Å². The van der Waals surface area contributed by atoms with Crippen LogP contribution in [0.25, 0.3) is 0 Å². The number of amides is 3. The second-order valence-corrected chi connectivity index (χ2v) is 5.02. The van der Waals surface area contributed by atoms with Gasteiger partial charge < -0.3 is 15.5 Å². The molecule has 0 aromatic carbocycles. The molecule has 0 aliphatic carbocycles. The molecular weight excluding hydrogens is 292 g/mol. The summed E-state index contributed by atoms with van der Waals surface area (Å²) in [5.41, 5.74) is 6.07. The Kier molecular flexibility index (Phi) is 5.22. The van der Waals surface area contributed by atoms with Gasteiger partial charge in [-0.15, -0.1) is 0 Å². The summed E-state index contributed by atoms with van der Waals surface area (Å²) in [6.07, 6.45) is 3.02. The third-order valence-corrected chi connectivity index (χ3v) is 3.31. The van der Waals surface area contributed by atoms with E-state index in [1.807, 2.05) is 0 Å². The third-order valence-electron chi connectivity index (χ3n) is 2.37. The van der Waals surface area contributed by atoms with Crippen molar-refractivity contribution in [2.24, 2.45) is 0 Å². The number of rotatable bonds is 5. The van der Waals surface area contributed by atoms with Crippen LogP contribution in [-0.4, -0.2) is 22.7 Å². The number of hydrogen-bond donors (Lipinski definition) is 3. The lowest BCUT2D eigenvalue weighted by atomic mass is 10.4. The van der Waals surface area contributed by atoms with Gasteiger partial charge in [0.05, 0.1) is 35.5 Å².